The first kappa shape index (κ1) is 10.7. The van der Waals surface area contributed by atoms with Crippen molar-refractivity contribution in [1.29, 1.82) is 0 Å². The van der Waals surface area contributed by atoms with E-state index in [9.17, 15) is 4.79 Å². The number of carboxylic acid groups (broad SMARTS) is 1. The summed E-state index contributed by atoms with van der Waals surface area (Å²) in [6.45, 7) is 3.99. The molecule has 1 rings (SSSR count). The Morgan fingerprint density at radius 3 is 2.64 bits per heavy atom. The molecule has 3 nitrogen and oxygen atoms in total. The molecule has 1 unspecified atom stereocenters. The van der Waals surface area contributed by atoms with Crippen LogP contribution in [0.25, 0.3) is 0 Å². The lowest BCUT2D eigenvalue weighted by molar-refractivity contribution is 0.0696. The van der Waals surface area contributed by atoms with Gasteiger partial charge in [-0.2, -0.15) is 0 Å². The van der Waals surface area contributed by atoms with Crippen molar-refractivity contribution in [2.24, 2.45) is 0 Å². The number of hydrogen-bond acceptors (Lipinski definition) is 2. The highest BCUT2D eigenvalue weighted by Gasteiger charge is 2.09. The summed E-state index contributed by atoms with van der Waals surface area (Å²) in [4.78, 5) is 10.8. The van der Waals surface area contributed by atoms with Crippen molar-refractivity contribution in [2.45, 2.75) is 19.9 Å². The third-order valence-electron chi connectivity index (χ3n) is 2.43. The van der Waals surface area contributed by atoms with Gasteiger partial charge in [-0.25, -0.2) is 4.79 Å². The topological polar surface area (TPSA) is 49.3 Å². The van der Waals surface area contributed by atoms with E-state index in [2.05, 4.69) is 5.32 Å². The summed E-state index contributed by atoms with van der Waals surface area (Å²) in [5.74, 6) is -0.880. The second kappa shape index (κ2) is 4.24. The Balaban J connectivity index is 3.14. The zero-order valence-electron chi connectivity index (χ0n) is 8.66. The van der Waals surface area contributed by atoms with Gasteiger partial charge in [-0.05, 0) is 44.2 Å². The molecule has 2 N–H and O–H groups in total. The maximum Gasteiger partial charge on any atom is 0.335 e. The average Bonchev–Trinajstić information content (AvgIpc) is 2.17. The van der Waals surface area contributed by atoms with E-state index in [1.54, 1.807) is 12.1 Å². The Morgan fingerprint density at radius 2 is 2.14 bits per heavy atom. The molecule has 1 aromatic carbocycles. The standard InChI is InChI=1S/C11H15NO2/c1-7-4-5-9(11(13)14)6-10(7)8(2)12-3/h4-6,8,12H,1-3H3,(H,13,14). The molecule has 1 atom stereocenters. The summed E-state index contributed by atoms with van der Waals surface area (Å²) in [7, 11) is 1.86. The fraction of sp³-hybridized carbons (Fsp3) is 0.364. The first-order chi connectivity index (χ1) is 6.56. The Labute approximate surface area is 83.8 Å². The van der Waals surface area contributed by atoms with Crippen LogP contribution in [0.1, 0.15) is 34.5 Å². The summed E-state index contributed by atoms with van der Waals surface area (Å²) in [6.07, 6.45) is 0. The van der Waals surface area contributed by atoms with Gasteiger partial charge >= 0.3 is 5.97 Å². The van der Waals surface area contributed by atoms with Crippen LogP contribution in [0.4, 0.5) is 0 Å². The molecule has 0 aliphatic heterocycles. The number of nitrogens with one attached hydrogen (secondary N) is 1. The van der Waals surface area contributed by atoms with E-state index in [0.29, 0.717) is 5.56 Å². The molecule has 0 aromatic heterocycles. The number of carboxylic acids is 1. The van der Waals surface area contributed by atoms with Crippen molar-refractivity contribution in [3.05, 3.63) is 34.9 Å². The highest BCUT2D eigenvalue weighted by Crippen LogP contribution is 2.18. The molecule has 3 heteroatoms. The third-order valence-corrected chi connectivity index (χ3v) is 2.43. The van der Waals surface area contributed by atoms with Crippen LogP contribution in [0, 0.1) is 6.92 Å². The molecule has 0 fully saturated rings. The molecule has 0 aliphatic carbocycles. The van der Waals surface area contributed by atoms with E-state index in [1.165, 1.54) is 0 Å². The van der Waals surface area contributed by atoms with Gasteiger partial charge in [0.2, 0.25) is 0 Å². The summed E-state index contributed by atoms with van der Waals surface area (Å²) in [5, 5.41) is 11.9. The zero-order valence-corrected chi connectivity index (χ0v) is 8.66. The number of rotatable bonds is 3. The van der Waals surface area contributed by atoms with E-state index < -0.39 is 5.97 Å². The van der Waals surface area contributed by atoms with Gasteiger partial charge in [-0.1, -0.05) is 6.07 Å². The first-order valence-corrected chi connectivity index (χ1v) is 4.57. The lowest BCUT2D eigenvalue weighted by Gasteiger charge is -2.14. The van der Waals surface area contributed by atoms with Gasteiger partial charge in [0.1, 0.15) is 0 Å². The summed E-state index contributed by atoms with van der Waals surface area (Å²) in [6, 6.07) is 5.36. The highest BCUT2D eigenvalue weighted by atomic mass is 16.4. The summed E-state index contributed by atoms with van der Waals surface area (Å²) >= 11 is 0. The van der Waals surface area contributed by atoms with E-state index in [4.69, 9.17) is 5.11 Å². The lowest BCUT2D eigenvalue weighted by atomic mass is 10.00. The van der Waals surface area contributed by atoms with Gasteiger partial charge in [0, 0.05) is 6.04 Å². The zero-order chi connectivity index (χ0) is 10.7. The summed E-state index contributed by atoms with van der Waals surface area (Å²) in [5.41, 5.74) is 2.48. The Bertz CT molecular complexity index is 347. The largest absolute Gasteiger partial charge is 0.478 e. The van der Waals surface area contributed by atoms with Crippen molar-refractivity contribution in [1.82, 2.24) is 5.32 Å². The fourth-order valence-electron chi connectivity index (χ4n) is 1.40. The average molecular weight is 193 g/mol. The van der Waals surface area contributed by atoms with E-state index in [0.717, 1.165) is 11.1 Å². The highest BCUT2D eigenvalue weighted by molar-refractivity contribution is 5.87. The lowest BCUT2D eigenvalue weighted by Crippen LogP contribution is -2.14. The van der Waals surface area contributed by atoms with Crippen LogP contribution in [0.3, 0.4) is 0 Å². The third kappa shape index (κ3) is 2.12. The van der Waals surface area contributed by atoms with Crippen LogP contribution < -0.4 is 5.32 Å². The first-order valence-electron chi connectivity index (χ1n) is 4.57. The predicted octanol–water partition coefficient (Wildman–Crippen LogP) is 1.97. The molecular weight excluding hydrogens is 178 g/mol. The Hall–Kier alpha value is -1.35. The SMILES string of the molecule is CNC(C)c1cc(C(=O)O)ccc1C. The number of aryl methyl sites for hydroxylation is 1. The maximum absolute atomic E-state index is 10.8. The van der Waals surface area contributed by atoms with Crippen LogP contribution in [0.2, 0.25) is 0 Å². The van der Waals surface area contributed by atoms with E-state index in [-0.39, 0.29) is 6.04 Å². The summed E-state index contributed by atoms with van der Waals surface area (Å²) < 4.78 is 0. The van der Waals surface area contributed by atoms with E-state index in [1.807, 2.05) is 27.0 Å². The van der Waals surface area contributed by atoms with Crippen molar-refractivity contribution >= 4 is 5.97 Å². The molecule has 0 saturated carbocycles. The minimum absolute atomic E-state index is 0.175. The predicted molar refractivity (Wildman–Crippen MR) is 55.6 cm³/mol. The van der Waals surface area contributed by atoms with Gasteiger partial charge in [0.15, 0.2) is 0 Å². The molecule has 0 aliphatic rings. The molecule has 0 spiro atoms. The van der Waals surface area contributed by atoms with Crippen molar-refractivity contribution in [3.8, 4) is 0 Å². The molecule has 0 saturated heterocycles. The molecule has 0 bridgehead atoms. The van der Waals surface area contributed by atoms with Crippen molar-refractivity contribution in [2.75, 3.05) is 7.05 Å². The molecule has 14 heavy (non-hydrogen) atoms. The van der Waals surface area contributed by atoms with E-state index >= 15 is 0 Å². The maximum atomic E-state index is 10.8. The van der Waals surface area contributed by atoms with Crippen LogP contribution in [-0.2, 0) is 0 Å². The van der Waals surface area contributed by atoms with Crippen LogP contribution in [0.5, 0.6) is 0 Å². The Kier molecular flexibility index (Phi) is 3.25. The van der Waals surface area contributed by atoms with Crippen LogP contribution in [0.15, 0.2) is 18.2 Å². The number of carbonyl (C=O) groups is 1. The van der Waals surface area contributed by atoms with Crippen molar-refractivity contribution in [3.63, 3.8) is 0 Å². The monoisotopic (exact) mass is 193 g/mol. The van der Waals surface area contributed by atoms with Gasteiger partial charge in [-0.3, -0.25) is 0 Å². The molecule has 1 aromatic rings. The van der Waals surface area contributed by atoms with Crippen LogP contribution in [-0.4, -0.2) is 18.1 Å². The molecular formula is C11H15NO2. The molecule has 0 radical (unpaired) electrons. The van der Waals surface area contributed by atoms with Gasteiger partial charge < -0.3 is 10.4 Å². The van der Waals surface area contributed by atoms with Crippen molar-refractivity contribution < 1.29 is 9.90 Å². The Morgan fingerprint density at radius 1 is 1.50 bits per heavy atom. The fourth-order valence-corrected chi connectivity index (χ4v) is 1.40. The second-order valence-electron chi connectivity index (χ2n) is 3.39. The molecule has 0 amide bonds. The van der Waals surface area contributed by atoms with Gasteiger partial charge in [0.05, 0.1) is 5.56 Å². The minimum atomic E-state index is -0.880. The second-order valence-corrected chi connectivity index (χ2v) is 3.39. The number of benzene rings is 1. The number of hydrogen-bond donors (Lipinski definition) is 2. The smallest absolute Gasteiger partial charge is 0.335 e. The quantitative estimate of drug-likeness (QED) is 0.771. The van der Waals surface area contributed by atoms with Gasteiger partial charge in [-0.15, -0.1) is 0 Å². The van der Waals surface area contributed by atoms with Gasteiger partial charge in [0.25, 0.3) is 0 Å². The molecule has 76 valence electrons. The van der Waals surface area contributed by atoms with Crippen LogP contribution >= 0.6 is 0 Å². The normalized spacial score (nSPS) is 12.5. The molecule has 0 heterocycles. The minimum Gasteiger partial charge on any atom is -0.478 e. The number of aromatic carboxylic acids is 1.